The number of piperazine rings is 1. The minimum absolute atomic E-state index is 0.145. The summed E-state index contributed by atoms with van der Waals surface area (Å²) in [4.78, 5) is 15.0. The maximum absolute atomic E-state index is 10.3. The van der Waals surface area contributed by atoms with E-state index in [9.17, 15) is 10.5 Å². The van der Waals surface area contributed by atoms with Gasteiger partial charge in [-0.05, 0) is 31.2 Å². The fourth-order valence-electron chi connectivity index (χ4n) is 6.53. The first-order chi connectivity index (χ1) is 18.5. The first kappa shape index (κ1) is 23.5. The number of aromatic nitrogens is 4. The van der Waals surface area contributed by atoms with E-state index >= 15 is 0 Å². The van der Waals surface area contributed by atoms with Crippen LogP contribution in [0.25, 0.3) is 0 Å². The number of thiophene rings is 1. The first-order valence-corrected chi connectivity index (χ1v) is 13.9. The third-order valence-corrected chi connectivity index (χ3v) is 9.47. The van der Waals surface area contributed by atoms with E-state index in [1.54, 1.807) is 6.07 Å². The van der Waals surface area contributed by atoms with Gasteiger partial charge in [-0.2, -0.15) is 25.6 Å². The lowest BCUT2D eigenvalue weighted by Gasteiger charge is -2.49. The third-order valence-electron chi connectivity index (χ3n) is 8.20. The summed E-state index contributed by atoms with van der Waals surface area (Å²) in [5.74, 6) is 1.18. The van der Waals surface area contributed by atoms with Crippen molar-refractivity contribution in [2.45, 2.75) is 49.8 Å². The Labute approximate surface area is 228 Å². The molecule has 194 valence electrons. The number of hydrogen-bond donors (Lipinski definition) is 3. The van der Waals surface area contributed by atoms with Crippen molar-refractivity contribution in [3.05, 3.63) is 38.5 Å². The highest BCUT2D eigenvalue weighted by molar-refractivity contribution is 7.16. The van der Waals surface area contributed by atoms with Crippen LogP contribution < -0.4 is 25.6 Å². The number of fused-ring (bicyclic) bond motifs is 4. The topological polar surface area (TPSA) is 156 Å². The molecule has 0 unspecified atom stereocenters. The van der Waals surface area contributed by atoms with Gasteiger partial charge in [0.25, 0.3) is 0 Å². The lowest BCUT2D eigenvalue weighted by atomic mass is 9.74. The van der Waals surface area contributed by atoms with E-state index in [2.05, 4.69) is 37.5 Å². The van der Waals surface area contributed by atoms with Gasteiger partial charge in [-0.25, -0.2) is 0 Å². The molecular weight excluding hydrogens is 524 g/mol. The summed E-state index contributed by atoms with van der Waals surface area (Å²) in [6.45, 7) is 3.07. The molecule has 1 spiro atoms. The molecule has 1 aliphatic carbocycles. The summed E-state index contributed by atoms with van der Waals surface area (Å²) in [7, 11) is 0. The molecule has 0 amide bonds. The van der Waals surface area contributed by atoms with Crippen molar-refractivity contribution in [1.82, 2.24) is 25.5 Å². The van der Waals surface area contributed by atoms with E-state index in [1.165, 1.54) is 16.2 Å². The van der Waals surface area contributed by atoms with Crippen LogP contribution in [0.15, 0.2) is 6.07 Å². The average molecular weight is 549 g/mol. The van der Waals surface area contributed by atoms with Gasteiger partial charge in [0.15, 0.2) is 16.8 Å². The van der Waals surface area contributed by atoms with Crippen molar-refractivity contribution >= 4 is 39.6 Å². The number of nitrogen functional groups attached to an aromatic ring is 1. The van der Waals surface area contributed by atoms with Crippen molar-refractivity contribution in [3.8, 4) is 18.1 Å². The molecular formula is C25H25ClN10OS. The van der Waals surface area contributed by atoms with E-state index in [4.69, 9.17) is 32.0 Å². The van der Waals surface area contributed by atoms with Gasteiger partial charge >= 0.3 is 6.01 Å². The van der Waals surface area contributed by atoms with Gasteiger partial charge in [-0.15, -0.1) is 11.3 Å². The van der Waals surface area contributed by atoms with Gasteiger partial charge in [-0.1, -0.05) is 11.6 Å². The molecule has 38 heavy (non-hydrogen) atoms. The first-order valence-electron chi connectivity index (χ1n) is 12.7. The lowest BCUT2D eigenvalue weighted by molar-refractivity contribution is 0.273. The number of aromatic amines is 1. The zero-order valence-corrected chi connectivity index (χ0v) is 22.1. The SMILES string of the molecule is N#Cc1c(N2C[C@H]3CC[C@@H](C2)N3)nc(OCc2cc(Cl)n[nH]2)nc1N1CC2(CCc3sc(N)c(C#N)c32)C1. The molecule has 3 aromatic rings. The van der Waals surface area contributed by atoms with Crippen LogP contribution in [-0.2, 0) is 18.4 Å². The number of anilines is 3. The van der Waals surface area contributed by atoms with Crippen molar-refractivity contribution < 1.29 is 4.74 Å². The maximum atomic E-state index is 10.3. The highest BCUT2D eigenvalue weighted by atomic mass is 35.5. The lowest BCUT2D eigenvalue weighted by Crippen LogP contribution is -2.59. The molecule has 0 aromatic carbocycles. The predicted molar refractivity (Wildman–Crippen MR) is 142 cm³/mol. The van der Waals surface area contributed by atoms with Crippen LogP contribution in [0.1, 0.15) is 46.5 Å². The molecule has 0 saturated carbocycles. The van der Waals surface area contributed by atoms with Crippen LogP contribution in [0.5, 0.6) is 6.01 Å². The second kappa shape index (κ2) is 8.73. The minimum Gasteiger partial charge on any atom is -0.457 e. The van der Waals surface area contributed by atoms with E-state index in [0.717, 1.165) is 44.3 Å². The molecule has 11 nitrogen and oxygen atoms in total. The molecule has 2 bridgehead atoms. The van der Waals surface area contributed by atoms with Gasteiger partial charge < -0.3 is 25.6 Å². The summed E-state index contributed by atoms with van der Waals surface area (Å²) in [6, 6.07) is 7.39. The van der Waals surface area contributed by atoms with Crippen molar-refractivity contribution in [2.75, 3.05) is 41.7 Å². The smallest absolute Gasteiger partial charge is 0.320 e. The molecule has 7 rings (SSSR count). The standard InChI is InChI=1S/C25H25ClN10OS/c26-19-5-15(33-34-19)10-37-24-31-22(35-8-13-1-2-14(9-35)30-13)17(7-28)23(32-24)36-11-25(12-36)4-3-18-20(25)16(6-27)21(29)38-18/h5,13-14,30H,1-4,8-12,29H2,(H,33,34)/t13-,14+. The van der Waals surface area contributed by atoms with E-state index in [0.29, 0.717) is 63.8 Å². The second-order valence-corrected chi connectivity index (χ2v) is 12.1. The molecule has 2 atom stereocenters. The van der Waals surface area contributed by atoms with E-state index in [1.807, 2.05) is 0 Å². The van der Waals surface area contributed by atoms with E-state index in [-0.39, 0.29) is 18.0 Å². The Morgan fingerprint density at radius 2 is 1.84 bits per heavy atom. The van der Waals surface area contributed by atoms with Gasteiger partial charge in [0.1, 0.15) is 29.3 Å². The Hall–Kier alpha value is -3.58. The van der Waals surface area contributed by atoms with Crippen LogP contribution >= 0.6 is 22.9 Å². The van der Waals surface area contributed by atoms with Crippen molar-refractivity contribution in [1.29, 1.82) is 10.5 Å². The number of aryl methyl sites for hydroxylation is 1. The Morgan fingerprint density at radius 3 is 2.50 bits per heavy atom. The highest BCUT2D eigenvalue weighted by Gasteiger charge is 2.52. The Kier molecular flexibility index (Phi) is 5.41. The van der Waals surface area contributed by atoms with Gasteiger partial charge in [0.05, 0.1) is 11.3 Å². The van der Waals surface area contributed by atoms with Crippen LogP contribution in [0.2, 0.25) is 5.15 Å². The van der Waals surface area contributed by atoms with Crippen LogP contribution in [0.3, 0.4) is 0 Å². The van der Waals surface area contributed by atoms with Crippen LogP contribution in [-0.4, -0.2) is 58.4 Å². The zero-order chi connectivity index (χ0) is 26.0. The average Bonchev–Trinajstić information content (AvgIpc) is 3.64. The minimum atomic E-state index is -0.145. The number of ether oxygens (including phenoxy) is 1. The van der Waals surface area contributed by atoms with Gasteiger partial charge in [-0.3, -0.25) is 5.10 Å². The normalized spacial score (nSPS) is 22.7. The number of hydrogen-bond acceptors (Lipinski definition) is 11. The number of nitrogens with one attached hydrogen (secondary N) is 2. The number of nitrogens with two attached hydrogens (primary N) is 1. The summed E-state index contributed by atoms with van der Waals surface area (Å²) in [5, 5.41) is 31.4. The van der Waals surface area contributed by atoms with Gasteiger partial charge in [0, 0.05) is 54.6 Å². The largest absolute Gasteiger partial charge is 0.457 e. The molecule has 3 fully saturated rings. The second-order valence-electron chi connectivity index (χ2n) is 10.6. The number of nitrogens with zero attached hydrogens (tertiary/aromatic N) is 7. The molecule has 4 N–H and O–H groups in total. The number of nitriles is 2. The monoisotopic (exact) mass is 548 g/mol. The van der Waals surface area contributed by atoms with Crippen LogP contribution in [0.4, 0.5) is 16.6 Å². The number of halogens is 1. The number of rotatable bonds is 5. The molecule has 3 aromatic heterocycles. The molecule has 3 aliphatic heterocycles. The maximum Gasteiger partial charge on any atom is 0.320 e. The summed E-state index contributed by atoms with van der Waals surface area (Å²) in [5.41, 5.74) is 8.89. The fourth-order valence-corrected chi connectivity index (χ4v) is 7.85. The van der Waals surface area contributed by atoms with Crippen molar-refractivity contribution in [3.63, 3.8) is 0 Å². The summed E-state index contributed by atoms with van der Waals surface area (Å²) in [6.07, 6.45) is 4.12. The number of H-pyrrole nitrogens is 1. The van der Waals surface area contributed by atoms with Crippen LogP contribution in [0, 0.1) is 22.7 Å². The fraction of sp³-hybridized carbons (Fsp3) is 0.480. The Morgan fingerprint density at radius 1 is 1.13 bits per heavy atom. The van der Waals surface area contributed by atoms with E-state index < -0.39 is 0 Å². The molecule has 6 heterocycles. The predicted octanol–water partition coefficient (Wildman–Crippen LogP) is 2.46. The molecule has 3 saturated heterocycles. The highest BCUT2D eigenvalue weighted by Crippen LogP contribution is 2.53. The molecule has 0 radical (unpaired) electrons. The molecule has 4 aliphatic rings. The summed E-state index contributed by atoms with van der Waals surface area (Å²) >= 11 is 7.47. The van der Waals surface area contributed by atoms with Crippen molar-refractivity contribution in [2.24, 2.45) is 0 Å². The summed E-state index contributed by atoms with van der Waals surface area (Å²) < 4.78 is 5.99. The Balaban J connectivity index is 1.23. The third kappa shape index (κ3) is 3.67. The molecule has 13 heteroatoms. The quantitative estimate of drug-likeness (QED) is 0.432. The zero-order valence-electron chi connectivity index (χ0n) is 20.5. The van der Waals surface area contributed by atoms with Gasteiger partial charge in [0.2, 0.25) is 0 Å². The Bertz CT molecular complexity index is 1500.